The van der Waals surface area contributed by atoms with Crippen LogP contribution in [0, 0.1) is 11.8 Å². The van der Waals surface area contributed by atoms with E-state index in [-0.39, 0.29) is 11.9 Å². The lowest BCUT2D eigenvalue weighted by atomic mass is 9.92. The molecule has 1 fully saturated rings. The fourth-order valence-corrected chi connectivity index (χ4v) is 2.98. The Bertz CT molecular complexity index is 558. The van der Waals surface area contributed by atoms with Crippen LogP contribution in [0.5, 0.6) is 11.5 Å². The maximum atomic E-state index is 12.8. The Morgan fingerprint density at radius 3 is 2.71 bits per heavy atom. The molecule has 1 aromatic rings. The summed E-state index contributed by atoms with van der Waals surface area (Å²) in [6, 6.07) is 5.52. The van der Waals surface area contributed by atoms with Gasteiger partial charge in [0.1, 0.15) is 0 Å². The van der Waals surface area contributed by atoms with Gasteiger partial charge in [0.25, 0.3) is 5.91 Å². The zero-order chi connectivity index (χ0) is 17.7. The second-order valence-corrected chi connectivity index (χ2v) is 7.08. The summed E-state index contributed by atoms with van der Waals surface area (Å²) in [7, 11) is 1.60. The first kappa shape index (κ1) is 18.6. The summed E-state index contributed by atoms with van der Waals surface area (Å²) >= 11 is 0. The highest BCUT2D eigenvalue weighted by Crippen LogP contribution is 2.30. The van der Waals surface area contributed by atoms with Crippen LogP contribution >= 0.6 is 0 Å². The molecule has 2 atom stereocenters. The molecule has 2 N–H and O–H groups in total. The van der Waals surface area contributed by atoms with Crippen LogP contribution in [0.15, 0.2) is 18.2 Å². The smallest absolute Gasteiger partial charge is 0.254 e. The minimum Gasteiger partial charge on any atom is -0.493 e. The van der Waals surface area contributed by atoms with Crippen molar-refractivity contribution in [1.29, 1.82) is 0 Å². The van der Waals surface area contributed by atoms with E-state index in [1.807, 2.05) is 24.0 Å². The molecule has 0 spiro atoms. The Hall–Kier alpha value is -1.75. The van der Waals surface area contributed by atoms with Gasteiger partial charge in [-0.15, -0.1) is 0 Å². The van der Waals surface area contributed by atoms with Gasteiger partial charge in [-0.1, -0.05) is 13.8 Å². The Morgan fingerprint density at radius 1 is 1.33 bits per heavy atom. The summed E-state index contributed by atoms with van der Waals surface area (Å²) in [6.45, 7) is 8.33. The molecule has 0 unspecified atom stereocenters. The molecule has 5 heteroatoms. The SMILES string of the molecule is COc1cc(C(=O)N2CCC[C@H]([C@@H](C)N)C2)ccc1OCC(C)C. The van der Waals surface area contributed by atoms with E-state index in [1.54, 1.807) is 13.2 Å². The zero-order valence-corrected chi connectivity index (χ0v) is 15.2. The van der Waals surface area contributed by atoms with Crippen molar-refractivity contribution in [3.63, 3.8) is 0 Å². The molecule has 1 aliphatic rings. The third kappa shape index (κ3) is 4.63. The first-order valence-corrected chi connectivity index (χ1v) is 8.78. The molecule has 134 valence electrons. The largest absolute Gasteiger partial charge is 0.493 e. The molecule has 2 rings (SSSR count). The van der Waals surface area contributed by atoms with Crippen molar-refractivity contribution in [2.45, 2.75) is 39.7 Å². The maximum absolute atomic E-state index is 12.8. The number of nitrogens with two attached hydrogens (primary N) is 1. The Morgan fingerprint density at radius 2 is 2.08 bits per heavy atom. The second-order valence-electron chi connectivity index (χ2n) is 7.08. The van der Waals surface area contributed by atoms with Gasteiger partial charge in [0.2, 0.25) is 0 Å². The number of carbonyl (C=O) groups is 1. The lowest BCUT2D eigenvalue weighted by Gasteiger charge is -2.34. The first-order valence-electron chi connectivity index (χ1n) is 8.78. The predicted octanol–water partition coefficient (Wildman–Crippen LogP) is 2.93. The molecule has 0 radical (unpaired) electrons. The molecule has 0 saturated carbocycles. The topological polar surface area (TPSA) is 64.8 Å². The summed E-state index contributed by atoms with van der Waals surface area (Å²) < 4.78 is 11.2. The minimum atomic E-state index is 0.0362. The molecule has 0 aliphatic carbocycles. The lowest BCUT2D eigenvalue weighted by molar-refractivity contribution is 0.0660. The highest BCUT2D eigenvalue weighted by atomic mass is 16.5. The third-order valence-electron chi connectivity index (χ3n) is 4.47. The fraction of sp³-hybridized carbons (Fsp3) is 0.632. The van der Waals surface area contributed by atoms with Crippen LogP contribution in [-0.4, -0.2) is 43.7 Å². The molecule has 1 heterocycles. The monoisotopic (exact) mass is 334 g/mol. The predicted molar refractivity (Wildman–Crippen MR) is 95.6 cm³/mol. The number of ether oxygens (including phenoxy) is 2. The number of benzene rings is 1. The van der Waals surface area contributed by atoms with Crippen LogP contribution in [-0.2, 0) is 0 Å². The number of amides is 1. The van der Waals surface area contributed by atoms with Crippen molar-refractivity contribution in [2.75, 3.05) is 26.8 Å². The van der Waals surface area contributed by atoms with Crippen LogP contribution in [0.4, 0.5) is 0 Å². The number of likely N-dealkylation sites (tertiary alicyclic amines) is 1. The van der Waals surface area contributed by atoms with E-state index in [9.17, 15) is 4.79 Å². The molecule has 24 heavy (non-hydrogen) atoms. The molecule has 0 aromatic heterocycles. The van der Waals surface area contributed by atoms with Gasteiger partial charge in [0.05, 0.1) is 13.7 Å². The van der Waals surface area contributed by atoms with Crippen molar-refractivity contribution in [2.24, 2.45) is 17.6 Å². The number of rotatable bonds is 6. The van der Waals surface area contributed by atoms with Gasteiger partial charge in [-0.25, -0.2) is 0 Å². The maximum Gasteiger partial charge on any atom is 0.254 e. The normalized spacial score (nSPS) is 19.2. The number of methoxy groups -OCH3 is 1. The highest BCUT2D eigenvalue weighted by Gasteiger charge is 2.27. The zero-order valence-electron chi connectivity index (χ0n) is 15.2. The van der Waals surface area contributed by atoms with Crippen molar-refractivity contribution < 1.29 is 14.3 Å². The molecule has 1 amide bonds. The van der Waals surface area contributed by atoms with E-state index in [2.05, 4.69) is 13.8 Å². The Kier molecular flexibility index (Phi) is 6.49. The lowest BCUT2D eigenvalue weighted by Crippen LogP contribution is -2.45. The van der Waals surface area contributed by atoms with E-state index in [4.69, 9.17) is 15.2 Å². The van der Waals surface area contributed by atoms with E-state index in [0.717, 1.165) is 25.9 Å². The molecule has 5 nitrogen and oxygen atoms in total. The quantitative estimate of drug-likeness (QED) is 0.869. The third-order valence-corrected chi connectivity index (χ3v) is 4.47. The Balaban J connectivity index is 2.11. The fourth-order valence-electron chi connectivity index (χ4n) is 2.98. The van der Waals surface area contributed by atoms with E-state index in [1.165, 1.54) is 0 Å². The molecular weight excluding hydrogens is 304 g/mol. The molecule has 1 aliphatic heterocycles. The average Bonchev–Trinajstić information content (AvgIpc) is 2.59. The first-order chi connectivity index (χ1) is 11.4. The minimum absolute atomic E-state index is 0.0362. The average molecular weight is 334 g/mol. The van der Waals surface area contributed by atoms with Crippen LogP contribution in [0.1, 0.15) is 44.0 Å². The van der Waals surface area contributed by atoms with Gasteiger partial charge < -0.3 is 20.1 Å². The van der Waals surface area contributed by atoms with E-state index < -0.39 is 0 Å². The Labute approximate surface area is 145 Å². The standard InChI is InChI=1S/C19H30N2O3/c1-13(2)12-24-17-8-7-15(10-18(17)23-4)19(22)21-9-5-6-16(11-21)14(3)20/h7-8,10,13-14,16H,5-6,9,11-12,20H2,1-4H3/t14-,16+/m1/s1. The number of hydrogen-bond acceptors (Lipinski definition) is 4. The molecular formula is C19H30N2O3. The van der Waals surface area contributed by atoms with E-state index in [0.29, 0.717) is 35.5 Å². The van der Waals surface area contributed by atoms with Crippen LogP contribution in [0.2, 0.25) is 0 Å². The van der Waals surface area contributed by atoms with Gasteiger partial charge in [-0.3, -0.25) is 4.79 Å². The number of carbonyl (C=O) groups excluding carboxylic acids is 1. The van der Waals surface area contributed by atoms with Gasteiger partial charge in [-0.05, 0) is 49.8 Å². The van der Waals surface area contributed by atoms with Gasteiger partial charge in [-0.2, -0.15) is 0 Å². The van der Waals surface area contributed by atoms with Gasteiger partial charge in [0, 0.05) is 24.7 Å². The summed E-state index contributed by atoms with van der Waals surface area (Å²) in [5.41, 5.74) is 6.65. The summed E-state index contributed by atoms with van der Waals surface area (Å²) in [5, 5.41) is 0. The molecule has 0 bridgehead atoms. The number of nitrogens with zero attached hydrogens (tertiary/aromatic N) is 1. The van der Waals surface area contributed by atoms with Crippen LogP contribution in [0.3, 0.4) is 0 Å². The van der Waals surface area contributed by atoms with Crippen molar-refractivity contribution >= 4 is 5.91 Å². The van der Waals surface area contributed by atoms with Crippen molar-refractivity contribution in [3.8, 4) is 11.5 Å². The molecule has 1 aromatic carbocycles. The summed E-state index contributed by atoms with van der Waals surface area (Å²) in [5.74, 6) is 2.11. The van der Waals surface area contributed by atoms with Crippen LogP contribution < -0.4 is 15.2 Å². The summed E-state index contributed by atoms with van der Waals surface area (Å²) in [4.78, 5) is 14.7. The van der Waals surface area contributed by atoms with Crippen LogP contribution in [0.25, 0.3) is 0 Å². The van der Waals surface area contributed by atoms with Crippen molar-refractivity contribution in [1.82, 2.24) is 4.90 Å². The van der Waals surface area contributed by atoms with Gasteiger partial charge in [0.15, 0.2) is 11.5 Å². The van der Waals surface area contributed by atoms with E-state index >= 15 is 0 Å². The molecule has 1 saturated heterocycles. The number of hydrogen-bond donors (Lipinski definition) is 1. The number of piperidine rings is 1. The highest BCUT2D eigenvalue weighted by molar-refractivity contribution is 5.95. The second kappa shape index (κ2) is 8.38. The van der Waals surface area contributed by atoms with Crippen molar-refractivity contribution in [3.05, 3.63) is 23.8 Å². The van der Waals surface area contributed by atoms with Gasteiger partial charge >= 0.3 is 0 Å². The summed E-state index contributed by atoms with van der Waals surface area (Å²) in [6.07, 6.45) is 2.09.